The molecule has 4 fully saturated rings. The zero-order valence-corrected chi connectivity index (χ0v) is 18.0. The van der Waals surface area contributed by atoms with Crippen LogP contribution in [0.25, 0.3) is 0 Å². The smallest absolute Gasteiger partial charge is 0.290 e. The first-order chi connectivity index (χ1) is 15.1. The van der Waals surface area contributed by atoms with Crippen molar-refractivity contribution in [2.45, 2.75) is 63.6 Å². The predicted molar refractivity (Wildman–Crippen MR) is 107 cm³/mol. The van der Waals surface area contributed by atoms with E-state index >= 15 is 0 Å². The summed E-state index contributed by atoms with van der Waals surface area (Å²) < 4.78 is 47.0. The Bertz CT molecular complexity index is 928. The SMILES string of the molecule is CC(F)(F)c1coc(CC23CCC(C(C(=O)N[C@H]4CCNC[C@@H]4F)C2C(N)=O)C32CC2)n1. The highest BCUT2D eigenvalue weighted by Crippen LogP contribution is 2.81. The van der Waals surface area contributed by atoms with Crippen LogP contribution in [-0.4, -0.2) is 42.1 Å². The van der Waals surface area contributed by atoms with Crippen molar-refractivity contribution in [2.75, 3.05) is 13.1 Å². The van der Waals surface area contributed by atoms with Gasteiger partial charge in [-0.1, -0.05) is 0 Å². The molecule has 1 saturated heterocycles. The van der Waals surface area contributed by atoms with Gasteiger partial charge in [0.15, 0.2) is 5.89 Å². The van der Waals surface area contributed by atoms with E-state index in [0.29, 0.717) is 19.4 Å². The standard InChI is InChI=1S/C22H29F3N4O3/c1-20(24,25)14-10-32-15(29-14)8-22-4-2-11(21(22)5-6-21)16(17(22)18(26)30)19(31)28-13-3-7-27-9-12(13)23/h10-13,16-17,27H,2-9H2,1H3,(H2,26,30)(H,28,31)/t11?,12-,13-,16?,17?,22?/m0/s1. The van der Waals surface area contributed by atoms with E-state index in [9.17, 15) is 22.8 Å². The molecule has 4 N–H and O–H groups in total. The Morgan fingerprint density at radius 2 is 2.09 bits per heavy atom. The maximum atomic E-state index is 14.3. The van der Waals surface area contributed by atoms with Crippen LogP contribution in [0.1, 0.15) is 50.6 Å². The van der Waals surface area contributed by atoms with Gasteiger partial charge in [0.25, 0.3) is 5.92 Å². The number of primary amides is 1. The van der Waals surface area contributed by atoms with Crippen LogP contribution < -0.4 is 16.4 Å². The van der Waals surface area contributed by atoms with Crippen LogP contribution in [0.2, 0.25) is 0 Å². The van der Waals surface area contributed by atoms with E-state index in [2.05, 4.69) is 15.6 Å². The van der Waals surface area contributed by atoms with Crippen molar-refractivity contribution in [1.29, 1.82) is 0 Å². The molecule has 32 heavy (non-hydrogen) atoms. The third kappa shape index (κ3) is 3.08. The van der Waals surface area contributed by atoms with Gasteiger partial charge in [0.05, 0.1) is 17.9 Å². The molecule has 1 aliphatic heterocycles. The van der Waals surface area contributed by atoms with E-state index in [4.69, 9.17) is 10.2 Å². The fourth-order valence-corrected chi connectivity index (χ4v) is 7.16. The van der Waals surface area contributed by atoms with Crippen molar-refractivity contribution in [3.8, 4) is 0 Å². The molecule has 4 unspecified atom stereocenters. The number of carbonyl (C=O) groups excluding carboxylic acids is 2. The molecule has 2 heterocycles. The second kappa shape index (κ2) is 7.20. The van der Waals surface area contributed by atoms with Crippen LogP contribution in [0, 0.1) is 28.6 Å². The summed E-state index contributed by atoms with van der Waals surface area (Å²) in [6.45, 7) is 1.55. The number of nitrogens with one attached hydrogen (secondary N) is 2. The molecule has 7 nitrogen and oxygen atoms in total. The molecule has 2 amide bonds. The van der Waals surface area contributed by atoms with Crippen molar-refractivity contribution in [3.63, 3.8) is 0 Å². The van der Waals surface area contributed by atoms with Crippen molar-refractivity contribution >= 4 is 11.8 Å². The normalized spacial score (nSPS) is 37.6. The molecule has 0 radical (unpaired) electrons. The third-order valence-electron chi connectivity index (χ3n) is 8.59. The summed E-state index contributed by atoms with van der Waals surface area (Å²) in [6.07, 6.45) is 3.53. The number of nitrogens with zero attached hydrogens (tertiary/aromatic N) is 1. The van der Waals surface area contributed by atoms with Crippen molar-refractivity contribution in [1.82, 2.24) is 15.6 Å². The number of hydrogen-bond donors (Lipinski definition) is 3. The number of halogens is 3. The van der Waals surface area contributed by atoms with E-state index in [1.54, 1.807) is 0 Å². The molecule has 5 rings (SSSR count). The first-order valence-electron chi connectivity index (χ1n) is 11.4. The van der Waals surface area contributed by atoms with Crippen molar-refractivity contribution < 1.29 is 27.2 Å². The summed E-state index contributed by atoms with van der Waals surface area (Å²) in [5.74, 6) is -5.34. The maximum absolute atomic E-state index is 14.3. The second-order valence-corrected chi connectivity index (χ2v) is 10.2. The highest BCUT2D eigenvalue weighted by atomic mass is 19.3. The summed E-state index contributed by atoms with van der Waals surface area (Å²) in [5.41, 5.74) is 4.51. The van der Waals surface area contributed by atoms with Crippen LogP contribution in [0.3, 0.4) is 0 Å². The molecule has 0 aromatic carbocycles. The van der Waals surface area contributed by atoms with Crippen LogP contribution in [0.15, 0.2) is 10.7 Å². The van der Waals surface area contributed by atoms with Crippen molar-refractivity contribution in [2.24, 2.45) is 34.3 Å². The molecule has 10 heteroatoms. The minimum absolute atomic E-state index is 0.0400. The summed E-state index contributed by atoms with van der Waals surface area (Å²) in [5, 5.41) is 5.81. The number of hydrogen-bond acceptors (Lipinski definition) is 5. The minimum atomic E-state index is -3.13. The third-order valence-corrected chi connectivity index (χ3v) is 8.59. The van der Waals surface area contributed by atoms with Crippen LogP contribution in [0.5, 0.6) is 0 Å². The van der Waals surface area contributed by atoms with E-state index < -0.39 is 47.0 Å². The van der Waals surface area contributed by atoms with E-state index in [0.717, 1.165) is 32.4 Å². The monoisotopic (exact) mass is 454 g/mol. The lowest BCUT2D eigenvalue weighted by Gasteiger charge is -2.38. The summed E-state index contributed by atoms with van der Waals surface area (Å²) in [7, 11) is 0. The van der Waals surface area contributed by atoms with E-state index in [1.165, 1.54) is 0 Å². The Labute approximate surface area is 184 Å². The number of carbonyl (C=O) groups is 2. The van der Waals surface area contributed by atoms with Gasteiger partial charge >= 0.3 is 0 Å². The van der Waals surface area contributed by atoms with Gasteiger partial charge in [0.2, 0.25) is 11.8 Å². The number of alkyl halides is 3. The number of piperidine rings is 1. The summed E-state index contributed by atoms with van der Waals surface area (Å²) in [4.78, 5) is 30.1. The lowest BCUT2D eigenvalue weighted by Crippen LogP contribution is -2.55. The Kier molecular flexibility index (Phi) is 4.89. The zero-order chi connectivity index (χ0) is 22.9. The van der Waals surface area contributed by atoms with Crippen LogP contribution >= 0.6 is 0 Å². The van der Waals surface area contributed by atoms with Gasteiger partial charge in [-0.2, -0.15) is 8.78 Å². The van der Waals surface area contributed by atoms with Gasteiger partial charge < -0.3 is 20.8 Å². The van der Waals surface area contributed by atoms with Crippen LogP contribution in [-0.2, 0) is 21.9 Å². The lowest BCUT2D eigenvalue weighted by atomic mass is 9.65. The molecule has 4 aliphatic rings. The van der Waals surface area contributed by atoms with Crippen molar-refractivity contribution in [3.05, 3.63) is 17.8 Å². The quantitative estimate of drug-likeness (QED) is 0.610. The molecule has 1 aromatic rings. The highest BCUT2D eigenvalue weighted by molar-refractivity contribution is 5.89. The number of nitrogens with two attached hydrogens (primary N) is 1. The largest absolute Gasteiger partial charge is 0.448 e. The number of oxazole rings is 1. The molecule has 2 bridgehead atoms. The Morgan fingerprint density at radius 1 is 1.34 bits per heavy atom. The maximum Gasteiger partial charge on any atom is 0.290 e. The first-order valence-corrected chi connectivity index (χ1v) is 11.4. The molecule has 3 saturated carbocycles. The van der Waals surface area contributed by atoms with Gasteiger partial charge in [-0.3, -0.25) is 9.59 Å². The Balaban J connectivity index is 1.45. The first kappa shape index (κ1) is 21.7. The Morgan fingerprint density at radius 3 is 2.69 bits per heavy atom. The molecule has 3 aliphatic carbocycles. The van der Waals surface area contributed by atoms with Gasteiger partial charge in [0, 0.05) is 19.9 Å². The zero-order valence-electron chi connectivity index (χ0n) is 18.0. The van der Waals surface area contributed by atoms with Gasteiger partial charge in [-0.05, 0) is 55.4 Å². The van der Waals surface area contributed by atoms with Gasteiger partial charge in [0.1, 0.15) is 18.1 Å². The molecule has 176 valence electrons. The fraction of sp³-hybridized carbons (Fsp3) is 0.773. The van der Waals surface area contributed by atoms with E-state index in [-0.39, 0.29) is 36.1 Å². The minimum Gasteiger partial charge on any atom is -0.448 e. The molecule has 1 spiro atoms. The second-order valence-electron chi connectivity index (χ2n) is 10.2. The fourth-order valence-electron chi connectivity index (χ4n) is 7.16. The van der Waals surface area contributed by atoms with Gasteiger partial charge in [-0.25, -0.2) is 9.37 Å². The van der Waals surface area contributed by atoms with E-state index in [1.807, 2.05) is 0 Å². The molecular formula is C22H29F3N4O3. The average Bonchev–Trinajstić information content (AvgIpc) is 3.22. The molecule has 6 atom stereocenters. The lowest BCUT2D eigenvalue weighted by molar-refractivity contribution is -0.138. The Hall–Kier alpha value is -2.10. The average molecular weight is 454 g/mol. The topological polar surface area (TPSA) is 110 Å². The molecule has 1 aromatic heterocycles. The van der Waals surface area contributed by atoms with Gasteiger partial charge in [-0.15, -0.1) is 0 Å². The highest BCUT2D eigenvalue weighted by Gasteiger charge is 2.79. The number of rotatable bonds is 6. The predicted octanol–water partition coefficient (Wildman–Crippen LogP) is 2.05. The number of aromatic nitrogens is 1. The summed E-state index contributed by atoms with van der Waals surface area (Å²) in [6, 6.07) is -0.594. The van der Waals surface area contributed by atoms with Crippen LogP contribution in [0.4, 0.5) is 13.2 Å². The molecular weight excluding hydrogens is 425 g/mol. The summed E-state index contributed by atoms with van der Waals surface area (Å²) >= 11 is 0. The number of amides is 2.